The summed E-state index contributed by atoms with van der Waals surface area (Å²) in [5.74, 6) is -1.71. The largest absolute Gasteiger partial charge is 0.306 e. The van der Waals surface area contributed by atoms with Gasteiger partial charge < -0.3 is 4.90 Å². The minimum absolute atomic E-state index is 0.0910. The van der Waals surface area contributed by atoms with Gasteiger partial charge in [-0.2, -0.15) is 0 Å². The molecule has 0 spiro atoms. The molecule has 0 radical (unpaired) electrons. The van der Waals surface area contributed by atoms with E-state index >= 15 is 0 Å². The van der Waals surface area contributed by atoms with Gasteiger partial charge in [-0.3, -0.25) is 4.79 Å². The number of halogens is 2. The summed E-state index contributed by atoms with van der Waals surface area (Å²) in [6.45, 7) is 0.338. The van der Waals surface area contributed by atoms with Gasteiger partial charge in [-0.05, 0) is 42.7 Å². The van der Waals surface area contributed by atoms with Crippen LogP contribution in [0.15, 0.2) is 78.9 Å². The molecule has 0 N–H and O–H groups in total. The summed E-state index contributed by atoms with van der Waals surface area (Å²) < 4.78 is 27.6. The van der Waals surface area contributed by atoms with Crippen molar-refractivity contribution in [1.29, 1.82) is 0 Å². The average Bonchev–Trinajstić information content (AvgIpc) is 2.67. The van der Waals surface area contributed by atoms with Crippen LogP contribution in [0.3, 0.4) is 0 Å². The van der Waals surface area contributed by atoms with E-state index in [1.807, 2.05) is 36.4 Å². The molecule has 0 heterocycles. The van der Waals surface area contributed by atoms with Crippen molar-refractivity contribution in [2.75, 3.05) is 11.4 Å². The van der Waals surface area contributed by atoms with Crippen LogP contribution < -0.4 is 4.90 Å². The maximum atomic E-state index is 14.3. The van der Waals surface area contributed by atoms with E-state index in [2.05, 4.69) is 0 Å². The van der Waals surface area contributed by atoms with Crippen molar-refractivity contribution in [2.24, 2.45) is 0 Å². The second-order valence-electron chi connectivity index (χ2n) is 6.01. The maximum absolute atomic E-state index is 14.3. The molecule has 2 nitrogen and oxygen atoms in total. The van der Waals surface area contributed by atoms with E-state index in [4.69, 9.17) is 0 Å². The van der Waals surface area contributed by atoms with Crippen LogP contribution in [-0.2, 0) is 6.42 Å². The monoisotopic (exact) mass is 351 g/mol. The number of aryl methyl sites for hydroxylation is 1. The molecule has 0 aliphatic carbocycles. The molecule has 4 heteroatoms. The summed E-state index contributed by atoms with van der Waals surface area (Å²) in [6.07, 6.45) is 1.43. The number of benzene rings is 3. The van der Waals surface area contributed by atoms with Crippen molar-refractivity contribution in [3.8, 4) is 0 Å². The molecule has 0 aliphatic heterocycles. The summed E-state index contributed by atoms with van der Waals surface area (Å²) in [7, 11) is 0. The molecular weight excluding hydrogens is 332 g/mol. The van der Waals surface area contributed by atoms with Crippen molar-refractivity contribution in [2.45, 2.75) is 12.8 Å². The Morgan fingerprint density at radius 3 is 2.15 bits per heavy atom. The van der Waals surface area contributed by atoms with Crippen molar-refractivity contribution in [1.82, 2.24) is 0 Å². The number of amides is 1. The predicted molar refractivity (Wildman–Crippen MR) is 99.2 cm³/mol. The van der Waals surface area contributed by atoms with Gasteiger partial charge >= 0.3 is 0 Å². The standard InChI is InChI=1S/C22H19F2NO/c23-19-13-14-21(20(24)16-19)25(22(26)18-11-5-2-6-12-18)15-7-10-17-8-3-1-4-9-17/h1-6,8-9,11-14,16H,7,10,15H2. The SMILES string of the molecule is O=C(c1ccccc1)N(CCCc1ccccc1)c1ccc(F)cc1F. The number of anilines is 1. The summed E-state index contributed by atoms with van der Waals surface area (Å²) in [5, 5.41) is 0. The summed E-state index contributed by atoms with van der Waals surface area (Å²) in [6, 6.07) is 21.9. The Morgan fingerprint density at radius 2 is 1.50 bits per heavy atom. The van der Waals surface area contributed by atoms with Crippen molar-refractivity contribution in [3.63, 3.8) is 0 Å². The Labute approximate surface area is 151 Å². The topological polar surface area (TPSA) is 20.3 Å². The molecule has 1 amide bonds. The van der Waals surface area contributed by atoms with Gasteiger partial charge in [0.05, 0.1) is 5.69 Å². The van der Waals surface area contributed by atoms with Gasteiger partial charge in [0.1, 0.15) is 11.6 Å². The zero-order chi connectivity index (χ0) is 18.4. The molecule has 0 bridgehead atoms. The van der Waals surface area contributed by atoms with Crippen LogP contribution in [0.5, 0.6) is 0 Å². The van der Waals surface area contributed by atoms with Crippen molar-refractivity contribution >= 4 is 11.6 Å². The molecule has 0 atom stereocenters. The fourth-order valence-electron chi connectivity index (χ4n) is 2.85. The van der Waals surface area contributed by atoms with Gasteiger partial charge in [0.25, 0.3) is 5.91 Å². The van der Waals surface area contributed by atoms with Crippen LogP contribution in [0, 0.1) is 11.6 Å². The molecule has 0 aliphatic rings. The van der Waals surface area contributed by atoms with E-state index in [0.29, 0.717) is 18.5 Å². The van der Waals surface area contributed by atoms with Crippen LogP contribution in [0.25, 0.3) is 0 Å². The predicted octanol–water partition coefficient (Wildman–Crippen LogP) is 5.24. The maximum Gasteiger partial charge on any atom is 0.258 e. The Hall–Kier alpha value is -3.01. The summed E-state index contributed by atoms with van der Waals surface area (Å²) >= 11 is 0. The molecule has 3 aromatic rings. The molecule has 0 saturated heterocycles. The number of hydrogen-bond acceptors (Lipinski definition) is 1. The van der Waals surface area contributed by atoms with Gasteiger partial charge in [0, 0.05) is 18.2 Å². The van der Waals surface area contributed by atoms with Crippen LogP contribution in [0.4, 0.5) is 14.5 Å². The van der Waals surface area contributed by atoms with Gasteiger partial charge in [-0.15, -0.1) is 0 Å². The second kappa shape index (κ2) is 8.39. The van der Waals surface area contributed by atoms with Gasteiger partial charge in [-0.1, -0.05) is 48.5 Å². The van der Waals surface area contributed by atoms with Crippen molar-refractivity contribution in [3.05, 3.63) is 102 Å². The minimum Gasteiger partial charge on any atom is -0.306 e. The zero-order valence-electron chi connectivity index (χ0n) is 14.2. The number of carbonyl (C=O) groups is 1. The van der Waals surface area contributed by atoms with E-state index in [0.717, 1.165) is 18.1 Å². The first-order valence-corrected chi connectivity index (χ1v) is 8.51. The lowest BCUT2D eigenvalue weighted by Gasteiger charge is -2.23. The lowest BCUT2D eigenvalue weighted by atomic mass is 10.1. The highest BCUT2D eigenvalue weighted by Gasteiger charge is 2.20. The lowest BCUT2D eigenvalue weighted by molar-refractivity contribution is 0.0985. The zero-order valence-corrected chi connectivity index (χ0v) is 14.2. The molecule has 26 heavy (non-hydrogen) atoms. The van der Waals surface area contributed by atoms with E-state index in [1.165, 1.54) is 17.0 Å². The number of carbonyl (C=O) groups excluding carboxylic acids is 1. The first-order chi connectivity index (χ1) is 12.6. The quantitative estimate of drug-likeness (QED) is 0.594. The third-order valence-corrected chi connectivity index (χ3v) is 4.16. The van der Waals surface area contributed by atoms with Gasteiger partial charge in [0.15, 0.2) is 0 Å². The van der Waals surface area contributed by atoms with Crippen LogP contribution in [0.1, 0.15) is 22.3 Å². The van der Waals surface area contributed by atoms with Gasteiger partial charge in [0.2, 0.25) is 0 Å². The van der Waals surface area contributed by atoms with E-state index < -0.39 is 11.6 Å². The molecule has 0 aromatic heterocycles. The third-order valence-electron chi connectivity index (χ3n) is 4.16. The molecular formula is C22H19F2NO. The second-order valence-corrected chi connectivity index (χ2v) is 6.01. The first kappa shape index (κ1) is 17.8. The molecule has 3 rings (SSSR count). The lowest BCUT2D eigenvalue weighted by Crippen LogP contribution is -2.33. The molecule has 3 aromatic carbocycles. The average molecular weight is 351 g/mol. The molecule has 132 valence electrons. The molecule has 0 fully saturated rings. The fraction of sp³-hybridized carbons (Fsp3) is 0.136. The van der Waals surface area contributed by atoms with E-state index in [-0.39, 0.29) is 11.6 Å². The number of hydrogen-bond donors (Lipinski definition) is 0. The normalized spacial score (nSPS) is 10.5. The van der Waals surface area contributed by atoms with E-state index in [9.17, 15) is 13.6 Å². The highest BCUT2D eigenvalue weighted by atomic mass is 19.1. The highest BCUT2D eigenvalue weighted by Crippen LogP contribution is 2.23. The van der Waals surface area contributed by atoms with Crippen LogP contribution in [0.2, 0.25) is 0 Å². The number of nitrogens with zero attached hydrogens (tertiary/aromatic N) is 1. The fourth-order valence-corrected chi connectivity index (χ4v) is 2.85. The Kier molecular flexibility index (Phi) is 5.74. The Morgan fingerprint density at radius 1 is 0.846 bits per heavy atom. The number of rotatable bonds is 6. The van der Waals surface area contributed by atoms with Gasteiger partial charge in [-0.25, -0.2) is 8.78 Å². The minimum atomic E-state index is -0.742. The smallest absolute Gasteiger partial charge is 0.258 e. The summed E-state index contributed by atoms with van der Waals surface area (Å²) in [5.41, 5.74) is 1.71. The van der Waals surface area contributed by atoms with Crippen LogP contribution >= 0.6 is 0 Å². The molecule has 0 saturated carbocycles. The van der Waals surface area contributed by atoms with Crippen LogP contribution in [-0.4, -0.2) is 12.5 Å². The first-order valence-electron chi connectivity index (χ1n) is 8.51. The summed E-state index contributed by atoms with van der Waals surface area (Å²) in [4.78, 5) is 14.3. The van der Waals surface area contributed by atoms with E-state index in [1.54, 1.807) is 24.3 Å². The van der Waals surface area contributed by atoms with Crippen molar-refractivity contribution < 1.29 is 13.6 Å². The Balaban J connectivity index is 1.82. The highest BCUT2D eigenvalue weighted by molar-refractivity contribution is 6.06. The third kappa shape index (κ3) is 4.33. The Bertz CT molecular complexity index is 866. The molecule has 0 unspecified atom stereocenters.